The summed E-state index contributed by atoms with van der Waals surface area (Å²) in [7, 11) is 0. The Bertz CT molecular complexity index is 556. The molecule has 7 heteroatoms. The molecule has 0 bridgehead atoms. The summed E-state index contributed by atoms with van der Waals surface area (Å²) in [4.78, 5) is 17.8. The quantitative estimate of drug-likeness (QED) is 0.819. The lowest BCUT2D eigenvalue weighted by Crippen LogP contribution is -1.97. The third-order valence-corrected chi connectivity index (χ3v) is 3.74. The average molecular weight is 366 g/mol. The summed E-state index contributed by atoms with van der Waals surface area (Å²) in [6, 6.07) is 3.80. The maximum atomic E-state index is 10.4. The maximum absolute atomic E-state index is 10.4. The monoisotopic (exact) mass is 364 g/mol. The minimum atomic E-state index is -0.856. The topological polar surface area (TPSA) is 66.0 Å². The average Bonchev–Trinajstić information content (AvgIpc) is 2.57. The zero-order valence-corrected chi connectivity index (χ0v) is 11.8. The van der Waals surface area contributed by atoms with E-state index in [1.54, 1.807) is 0 Å². The van der Waals surface area contributed by atoms with Crippen molar-refractivity contribution >= 4 is 60.6 Å². The minimum Gasteiger partial charge on any atom is -0.481 e. The number of aromatic amines is 1. The fourth-order valence-electron chi connectivity index (χ4n) is 1.22. The van der Waals surface area contributed by atoms with Gasteiger partial charge in [0.25, 0.3) is 0 Å². The van der Waals surface area contributed by atoms with Crippen LogP contribution in [0.3, 0.4) is 0 Å². The smallest absolute Gasteiger partial charge is 0.313 e. The SMILES string of the molecule is O=C(O)CSc1nc2c(Br)cc(Br)cc2[nH]1. The molecule has 0 amide bonds. The summed E-state index contributed by atoms with van der Waals surface area (Å²) < 4.78 is 1.81. The molecule has 0 saturated heterocycles. The number of halogens is 2. The van der Waals surface area contributed by atoms with Crippen LogP contribution in [-0.4, -0.2) is 26.8 Å². The van der Waals surface area contributed by atoms with E-state index in [4.69, 9.17) is 5.11 Å². The second-order valence-electron chi connectivity index (χ2n) is 3.01. The lowest BCUT2D eigenvalue weighted by atomic mass is 10.3. The molecule has 0 radical (unpaired) electrons. The number of fused-ring (bicyclic) bond motifs is 1. The van der Waals surface area contributed by atoms with Crippen LogP contribution in [0.15, 0.2) is 26.2 Å². The van der Waals surface area contributed by atoms with Gasteiger partial charge in [0.15, 0.2) is 5.16 Å². The van der Waals surface area contributed by atoms with Gasteiger partial charge < -0.3 is 10.1 Å². The predicted molar refractivity (Wildman–Crippen MR) is 69.9 cm³/mol. The largest absolute Gasteiger partial charge is 0.481 e. The summed E-state index contributed by atoms with van der Waals surface area (Å²) >= 11 is 7.95. The highest BCUT2D eigenvalue weighted by Crippen LogP contribution is 2.29. The van der Waals surface area contributed by atoms with Gasteiger partial charge in [0.05, 0.1) is 11.3 Å². The first-order valence-corrected chi connectivity index (χ1v) is 6.83. The van der Waals surface area contributed by atoms with Gasteiger partial charge in [0.2, 0.25) is 0 Å². The van der Waals surface area contributed by atoms with Crippen LogP contribution in [-0.2, 0) is 4.79 Å². The third-order valence-electron chi connectivity index (χ3n) is 1.82. The van der Waals surface area contributed by atoms with E-state index in [1.807, 2.05) is 12.1 Å². The van der Waals surface area contributed by atoms with Crippen molar-refractivity contribution in [2.75, 3.05) is 5.75 Å². The second-order valence-corrected chi connectivity index (χ2v) is 5.74. The first kappa shape index (κ1) is 11.9. The second kappa shape index (κ2) is 4.77. The molecule has 2 rings (SSSR count). The van der Waals surface area contributed by atoms with E-state index >= 15 is 0 Å². The van der Waals surface area contributed by atoms with Crippen molar-refractivity contribution in [3.8, 4) is 0 Å². The van der Waals surface area contributed by atoms with Gasteiger partial charge in [-0.05, 0) is 28.1 Å². The lowest BCUT2D eigenvalue weighted by Gasteiger charge is -1.93. The molecule has 4 nitrogen and oxygen atoms in total. The van der Waals surface area contributed by atoms with Crippen LogP contribution in [0.2, 0.25) is 0 Å². The van der Waals surface area contributed by atoms with Gasteiger partial charge in [-0.3, -0.25) is 4.79 Å². The Morgan fingerprint density at radius 2 is 2.25 bits per heavy atom. The number of rotatable bonds is 3. The summed E-state index contributed by atoms with van der Waals surface area (Å²) in [5.41, 5.74) is 1.67. The Morgan fingerprint density at radius 3 is 2.94 bits per heavy atom. The van der Waals surface area contributed by atoms with Crippen molar-refractivity contribution < 1.29 is 9.90 Å². The molecular formula is C9H6Br2N2O2S. The number of imidazole rings is 1. The minimum absolute atomic E-state index is 0.00138. The van der Waals surface area contributed by atoms with Gasteiger partial charge >= 0.3 is 5.97 Å². The predicted octanol–water partition coefficient (Wildman–Crippen LogP) is 3.26. The van der Waals surface area contributed by atoms with Crippen molar-refractivity contribution in [1.82, 2.24) is 9.97 Å². The number of hydrogen-bond acceptors (Lipinski definition) is 3. The summed E-state index contributed by atoms with van der Waals surface area (Å²) in [5, 5.41) is 9.18. The molecule has 0 fully saturated rings. The molecule has 0 unspecified atom stereocenters. The van der Waals surface area contributed by atoms with Crippen LogP contribution >= 0.6 is 43.6 Å². The Labute approximate surface area is 112 Å². The molecule has 16 heavy (non-hydrogen) atoms. The standard InChI is InChI=1S/C9H6Br2N2O2S/c10-4-1-5(11)8-6(2-4)12-9(13-8)16-3-7(14)15/h1-2H,3H2,(H,12,13)(H,14,15). The number of carbonyl (C=O) groups is 1. The molecule has 0 saturated carbocycles. The molecule has 1 aromatic heterocycles. The Hall–Kier alpha value is -0.530. The molecule has 1 heterocycles. The Kier molecular flexibility index (Phi) is 3.56. The number of hydrogen-bond donors (Lipinski definition) is 2. The number of nitrogens with zero attached hydrogens (tertiary/aromatic N) is 1. The van der Waals surface area contributed by atoms with Crippen molar-refractivity contribution in [3.05, 3.63) is 21.1 Å². The van der Waals surface area contributed by atoms with E-state index in [9.17, 15) is 4.79 Å². The Morgan fingerprint density at radius 1 is 1.50 bits per heavy atom. The number of thioether (sulfide) groups is 1. The number of aromatic nitrogens is 2. The highest BCUT2D eigenvalue weighted by Gasteiger charge is 2.09. The molecule has 0 aliphatic carbocycles. The van der Waals surface area contributed by atoms with Gasteiger partial charge in [0.1, 0.15) is 5.52 Å². The van der Waals surface area contributed by atoms with Gasteiger partial charge in [-0.15, -0.1) is 0 Å². The zero-order chi connectivity index (χ0) is 11.7. The molecule has 0 spiro atoms. The summed E-state index contributed by atoms with van der Waals surface area (Å²) in [6.07, 6.45) is 0. The fraction of sp³-hybridized carbons (Fsp3) is 0.111. The van der Waals surface area contributed by atoms with Crippen LogP contribution in [0, 0.1) is 0 Å². The van der Waals surface area contributed by atoms with Crippen LogP contribution in [0.25, 0.3) is 11.0 Å². The molecule has 2 N–H and O–H groups in total. The van der Waals surface area contributed by atoms with Crippen LogP contribution < -0.4 is 0 Å². The van der Waals surface area contributed by atoms with Gasteiger partial charge in [-0.2, -0.15) is 0 Å². The maximum Gasteiger partial charge on any atom is 0.313 e. The number of nitrogens with one attached hydrogen (secondary N) is 1. The normalized spacial score (nSPS) is 10.9. The highest BCUT2D eigenvalue weighted by molar-refractivity contribution is 9.11. The van der Waals surface area contributed by atoms with Gasteiger partial charge in [-0.1, -0.05) is 27.7 Å². The molecule has 0 aliphatic heterocycles. The first-order valence-electron chi connectivity index (χ1n) is 4.25. The number of aliphatic carboxylic acids is 1. The van der Waals surface area contributed by atoms with E-state index in [2.05, 4.69) is 41.8 Å². The highest BCUT2D eigenvalue weighted by atomic mass is 79.9. The van der Waals surface area contributed by atoms with E-state index in [0.29, 0.717) is 5.16 Å². The van der Waals surface area contributed by atoms with Crippen LogP contribution in [0.5, 0.6) is 0 Å². The number of carboxylic acid groups (broad SMARTS) is 1. The number of benzene rings is 1. The zero-order valence-electron chi connectivity index (χ0n) is 7.83. The van der Waals surface area contributed by atoms with E-state index in [1.165, 1.54) is 11.8 Å². The molecule has 0 aliphatic rings. The summed E-state index contributed by atoms with van der Waals surface area (Å²) in [6.45, 7) is 0. The van der Waals surface area contributed by atoms with E-state index in [-0.39, 0.29) is 5.75 Å². The fourth-order valence-corrected chi connectivity index (χ4v) is 3.13. The van der Waals surface area contributed by atoms with Crippen molar-refractivity contribution in [2.45, 2.75) is 5.16 Å². The molecular weight excluding hydrogens is 360 g/mol. The number of carboxylic acids is 1. The van der Waals surface area contributed by atoms with Crippen LogP contribution in [0.4, 0.5) is 0 Å². The third kappa shape index (κ3) is 2.58. The van der Waals surface area contributed by atoms with Crippen LogP contribution in [0.1, 0.15) is 0 Å². The molecule has 0 atom stereocenters. The lowest BCUT2D eigenvalue weighted by molar-refractivity contribution is -0.133. The molecule has 2 aromatic rings. The Balaban J connectivity index is 2.36. The van der Waals surface area contributed by atoms with Crippen molar-refractivity contribution in [3.63, 3.8) is 0 Å². The van der Waals surface area contributed by atoms with Gasteiger partial charge in [0, 0.05) is 8.95 Å². The van der Waals surface area contributed by atoms with E-state index < -0.39 is 5.97 Å². The molecule has 1 aromatic carbocycles. The van der Waals surface area contributed by atoms with Crippen molar-refractivity contribution in [2.24, 2.45) is 0 Å². The number of H-pyrrole nitrogens is 1. The van der Waals surface area contributed by atoms with Gasteiger partial charge in [-0.25, -0.2) is 4.98 Å². The summed E-state index contributed by atoms with van der Waals surface area (Å²) in [5.74, 6) is -0.857. The van der Waals surface area contributed by atoms with E-state index in [0.717, 1.165) is 20.0 Å². The van der Waals surface area contributed by atoms with Crippen molar-refractivity contribution in [1.29, 1.82) is 0 Å². The molecule has 84 valence electrons. The first-order chi connectivity index (χ1) is 7.56.